The minimum atomic E-state index is 0.707. The molecule has 1 aliphatic heterocycles. The summed E-state index contributed by atoms with van der Waals surface area (Å²) >= 11 is 0. The van der Waals surface area contributed by atoms with Gasteiger partial charge in [0.05, 0.1) is 0 Å². The molecule has 1 heterocycles. The molecule has 1 N–H and O–H groups in total. The molecule has 1 nitrogen and oxygen atoms in total. The average Bonchev–Trinajstić information content (AvgIpc) is 2.74. The number of nitrogens with one attached hydrogen (secondary N) is 1. The third kappa shape index (κ3) is 1.98. The van der Waals surface area contributed by atoms with E-state index in [1.54, 1.807) is 0 Å². The highest BCUT2D eigenvalue weighted by Crippen LogP contribution is 2.27. The highest BCUT2D eigenvalue weighted by molar-refractivity contribution is 5.21. The molecule has 2 atom stereocenters. The van der Waals surface area contributed by atoms with Crippen LogP contribution in [0.25, 0.3) is 0 Å². The zero-order valence-electron chi connectivity index (χ0n) is 8.87. The van der Waals surface area contributed by atoms with E-state index in [-0.39, 0.29) is 0 Å². The van der Waals surface area contributed by atoms with Crippen molar-refractivity contribution in [1.82, 2.24) is 5.32 Å². The van der Waals surface area contributed by atoms with E-state index in [0.29, 0.717) is 12.0 Å². The van der Waals surface area contributed by atoms with E-state index in [4.69, 9.17) is 0 Å². The highest BCUT2D eigenvalue weighted by Gasteiger charge is 2.23. The average molecular weight is 189 g/mol. The SMILES string of the molecule is CC[C@H](c1ccccc1)C1CCCN1. The second-order valence-corrected chi connectivity index (χ2v) is 4.13. The largest absolute Gasteiger partial charge is 0.313 e. The van der Waals surface area contributed by atoms with Gasteiger partial charge in [-0.15, -0.1) is 0 Å². The van der Waals surface area contributed by atoms with Gasteiger partial charge in [0.15, 0.2) is 0 Å². The summed E-state index contributed by atoms with van der Waals surface area (Å²) in [5.41, 5.74) is 1.49. The van der Waals surface area contributed by atoms with Crippen LogP contribution in [0.15, 0.2) is 30.3 Å². The first-order valence-corrected chi connectivity index (χ1v) is 5.70. The van der Waals surface area contributed by atoms with Gasteiger partial charge in [-0.25, -0.2) is 0 Å². The maximum Gasteiger partial charge on any atom is 0.0136 e. The Morgan fingerprint density at radius 2 is 2.14 bits per heavy atom. The predicted octanol–water partition coefficient (Wildman–Crippen LogP) is 2.93. The van der Waals surface area contributed by atoms with Gasteiger partial charge in [0.25, 0.3) is 0 Å². The van der Waals surface area contributed by atoms with Crippen molar-refractivity contribution in [3.8, 4) is 0 Å². The summed E-state index contributed by atoms with van der Waals surface area (Å²) in [6.07, 6.45) is 3.92. The summed E-state index contributed by atoms with van der Waals surface area (Å²) in [5.74, 6) is 0.707. The van der Waals surface area contributed by atoms with Crippen LogP contribution in [-0.4, -0.2) is 12.6 Å². The molecule has 1 aliphatic rings. The standard InChI is InChI=1S/C13H19N/c1-2-12(13-9-6-10-14-13)11-7-4-3-5-8-11/h3-5,7-8,12-14H,2,6,9-10H2,1H3/t12-,13?/m1/s1. The number of benzene rings is 1. The van der Waals surface area contributed by atoms with Crippen molar-refractivity contribution in [2.75, 3.05) is 6.54 Å². The van der Waals surface area contributed by atoms with Crippen molar-refractivity contribution in [3.05, 3.63) is 35.9 Å². The molecule has 76 valence electrons. The summed E-state index contributed by atoms with van der Waals surface area (Å²) < 4.78 is 0. The lowest BCUT2D eigenvalue weighted by atomic mass is 9.88. The fourth-order valence-corrected chi connectivity index (χ4v) is 2.51. The van der Waals surface area contributed by atoms with E-state index < -0.39 is 0 Å². The zero-order valence-corrected chi connectivity index (χ0v) is 8.87. The molecule has 1 aromatic carbocycles. The van der Waals surface area contributed by atoms with E-state index in [9.17, 15) is 0 Å². The lowest BCUT2D eigenvalue weighted by Crippen LogP contribution is -2.28. The van der Waals surface area contributed by atoms with E-state index in [1.165, 1.54) is 31.4 Å². The van der Waals surface area contributed by atoms with Gasteiger partial charge in [-0.2, -0.15) is 0 Å². The first-order valence-electron chi connectivity index (χ1n) is 5.70. The van der Waals surface area contributed by atoms with E-state index >= 15 is 0 Å². The Kier molecular flexibility index (Phi) is 3.20. The van der Waals surface area contributed by atoms with Crippen LogP contribution >= 0.6 is 0 Å². The Hall–Kier alpha value is -0.820. The Balaban J connectivity index is 2.12. The van der Waals surface area contributed by atoms with Gasteiger partial charge < -0.3 is 5.32 Å². The summed E-state index contributed by atoms with van der Waals surface area (Å²) in [4.78, 5) is 0. The Labute approximate surface area is 86.5 Å². The van der Waals surface area contributed by atoms with E-state index in [0.717, 1.165) is 0 Å². The summed E-state index contributed by atoms with van der Waals surface area (Å²) in [6, 6.07) is 11.6. The molecule has 14 heavy (non-hydrogen) atoms. The van der Waals surface area contributed by atoms with Crippen LogP contribution in [0.2, 0.25) is 0 Å². The van der Waals surface area contributed by atoms with E-state index in [2.05, 4.69) is 42.6 Å². The minimum Gasteiger partial charge on any atom is -0.313 e. The van der Waals surface area contributed by atoms with Gasteiger partial charge in [-0.05, 0) is 37.3 Å². The summed E-state index contributed by atoms with van der Waals surface area (Å²) in [6.45, 7) is 3.49. The van der Waals surface area contributed by atoms with Gasteiger partial charge in [-0.1, -0.05) is 37.3 Å². The van der Waals surface area contributed by atoms with E-state index in [1.807, 2.05) is 0 Å². The van der Waals surface area contributed by atoms with Crippen LogP contribution in [0.4, 0.5) is 0 Å². The van der Waals surface area contributed by atoms with Gasteiger partial charge in [-0.3, -0.25) is 0 Å². The monoisotopic (exact) mass is 189 g/mol. The van der Waals surface area contributed by atoms with Crippen LogP contribution in [0.3, 0.4) is 0 Å². The lowest BCUT2D eigenvalue weighted by molar-refractivity contribution is 0.477. The molecule has 0 saturated carbocycles. The first-order chi connectivity index (χ1) is 6.92. The summed E-state index contributed by atoms with van der Waals surface area (Å²) in [7, 11) is 0. The van der Waals surface area contributed by atoms with Crippen molar-refractivity contribution in [2.24, 2.45) is 0 Å². The van der Waals surface area contributed by atoms with Crippen molar-refractivity contribution in [1.29, 1.82) is 0 Å². The van der Waals surface area contributed by atoms with Crippen LogP contribution < -0.4 is 5.32 Å². The third-order valence-electron chi connectivity index (χ3n) is 3.25. The van der Waals surface area contributed by atoms with Crippen LogP contribution in [0, 0.1) is 0 Å². The molecule has 2 rings (SSSR count). The minimum absolute atomic E-state index is 0.707. The molecule has 1 unspecified atom stereocenters. The highest BCUT2D eigenvalue weighted by atomic mass is 14.9. The van der Waals surface area contributed by atoms with Crippen LogP contribution in [0.1, 0.15) is 37.7 Å². The molecule has 0 amide bonds. The second kappa shape index (κ2) is 4.61. The van der Waals surface area contributed by atoms with Gasteiger partial charge in [0.2, 0.25) is 0 Å². The molecular formula is C13H19N. The fraction of sp³-hybridized carbons (Fsp3) is 0.538. The van der Waals surface area contributed by atoms with Crippen LogP contribution in [0.5, 0.6) is 0 Å². The molecule has 1 aromatic rings. The molecule has 1 saturated heterocycles. The van der Waals surface area contributed by atoms with Gasteiger partial charge in [0.1, 0.15) is 0 Å². The fourth-order valence-electron chi connectivity index (χ4n) is 2.51. The number of hydrogen-bond donors (Lipinski definition) is 1. The second-order valence-electron chi connectivity index (χ2n) is 4.13. The molecular weight excluding hydrogens is 170 g/mol. The molecule has 0 aromatic heterocycles. The Bertz CT molecular complexity index is 262. The Morgan fingerprint density at radius 1 is 1.36 bits per heavy atom. The topological polar surface area (TPSA) is 12.0 Å². The first kappa shape index (κ1) is 9.72. The molecule has 0 bridgehead atoms. The molecule has 1 fully saturated rings. The number of hydrogen-bond acceptors (Lipinski definition) is 1. The maximum atomic E-state index is 3.61. The number of rotatable bonds is 3. The molecule has 0 radical (unpaired) electrons. The van der Waals surface area contributed by atoms with Crippen molar-refractivity contribution in [3.63, 3.8) is 0 Å². The molecule has 1 heteroatoms. The van der Waals surface area contributed by atoms with Crippen molar-refractivity contribution >= 4 is 0 Å². The summed E-state index contributed by atoms with van der Waals surface area (Å²) in [5, 5.41) is 3.61. The maximum absolute atomic E-state index is 3.61. The van der Waals surface area contributed by atoms with Gasteiger partial charge >= 0.3 is 0 Å². The van der Waals surface area contributed by atoms with Gasteiger partial charge in [0, 0.05) is 6.04 Å². The molecule has 0 aliphatic carbocycles. The normalized spacial score (nSPS) is 23.6. The third-order valence-corrected chi connectivity index (χ3v) is 3.25. The smallest absolute Gasteiger partial charge is 0.0136 e. The lowest BCUT2D eigenvalue weighted by Gasteiger charge is -2.22. The molecule has 0 spiro atoms. The Morgan fingerprint density at radius 3 is 2.71 bits per heavy atom. The zero-order chi connectivity index (χ0) is 9.80. The van der Waals surface area contributed by atoms with Crippen molar-refractivity contribution < 1.29 is 0 Å². The predicted molar refractivity (Wildman–Crippen MR) is 60.5 cm³/mol. The quantitative estimate of drug-likeness (QED) is 0.771. The van der Waals surface area contributed by atoms with Crippen LogP contribution in [-0.2, 0) is 0 Å². The van der Waals surface area contributed by atoms with Crippen molar-refractivity contribution in [2.45, 2.75) is 38.1 Å².